The highest BCUT2D eigenvalue weighted by molar-refractivity contribution is 4.94. The van der Waals surface area contributed by atoms with Crippen LogP contribution in [0.3, 0.4) is 0 Å². The first-order valence-electron chi connectivity index (χ1n) is 6.61. The summed E-state index contributed by atoms with van der Waals surface area (Å²) in [6, 6.07) is 0.515. The molecule has 1 rings (SSSR count). The van der Waals surface area contributed by atoms with Gasteiger partial charge < -0.3 is 15.6 Å². The van der Waals surface area contributed by atoms with Gasteiger partial charge in [0.25, 0.3) is 0 Å². The Kier molecular flexibility index (Phi) is 5.38. The molecular formula is C13H28N2O2. The molecule has 0 aromatic carbocycles. The van der Waals surface area contributed by atoms with Crippen molar-refractivity contribution in [3.8, 4) is 0 Å². The first-order valence-corrected chi connectivity index (χ1v) is 6.61. The highest BCUT2D eigenvalue weighted by Crippen LogP contribution is 2.30. The van der Waals surface area contributed by atoms with Crippen LogP contribution < -0.4 is 5.73 Å². The highest BCUT2D eigenvalue weighted by Gasteiger charge is 2.38. The Hall–Kier alpha value is -0.160. The maximum atomic E-state index is 9.47. The zero-order valence-corrected chi connectivity index (χ0v) is 11.6. The van der Waals surface area contributed by atoms with Crippen molar-refractivity contribution in [3.63, 3.8) is 0 Å². The Morgan fingerprint density at radius 1 is 1.47 bits per heavy atom. The minimum atomic E-state index is 0.0885. The molecule has 0 saturated carbocycles. The Morgan fingerprint density at radius 2 is 2.12 bits per heavy atom. The van der Waals surface area contributed by atoms with Gasteiger partial charge in [0.1, 0.15) is 0 Å². The topological polar surface area (TPSA) is 58.7 Å². The Balaban J connectivity index is 2.87. The van der Waals surface area contributed by atoms with Gasteiger partial charge in [-0.2, -0.15) is 0 Å². The lowest BCUT2D eigenvalue weighted by Gasteiger charge is -2.48. The molecule has 3 N–H and O–H groups in total. The first-order chi connectivity index (χ1) is 7.91. The van der Waals surface area contributed by atoms with E-state index < -0.39 is 0 Å². The van der Waals surface area contributed by atoms with Crippen LogP contribution in [0.2, 0.25) is 0 Å². The lowest BCUT2D eigenvalue weighted by atomic mass is 9.79. The second-order valence-corrected chi connectivity index (χ2v) is 6.03. The highest BCUT2D eigenvalue weighted by atomic mass is 16.5. The van der Waals surface area contributed by atoms with Crippen LogP contribution in [0.1, 0.15) is 34.1 Å². The minimum Gasteiger partial charge on any atom is -0.395 e. The number of hydrogen-bond acceptors (Lipinski definition) is 4. The maximum Gasteiger partial charge on any atom is 0.0644 e. The molecule has 1 aliphatic rings. The van der Waals surface area contributed by atoms with Crippen LogP contribution in [0.15, 0.2) is 0 Å². The average molecular weight is 244 g/mol. The molecule has 17 heavy (non-hydrogen) atoms. The van der Waals surface area contributed by atoms with E-state index in [-0.39, 0.29) is 30.1 Å². The third-order valence-electron chi connectivity index (χ3n) is 3.61. The summed E-state index contributed by atoms with van der Waals surface area (Å²) in [5, 5.41) is 9.47. The normalized spacial score (nSPS) is 26.8. The summed E-state index contributed by atoms with van der Waals surface area (Å²) >= 11 is 0. The van der Waals surface area contributed by atoms with Crippen LogP contribution in [0.4, 0.5) is 0 Å². The fraction of sp³-hybridized carbons (Fsp3) is 1.00. The van der Waals surface area contributed by atoms with Crippen LogP contribution >= 0.6 is 0 Å². The van der Waals surface area contributed by atoms with Gasteiger partial charge in [-0.15, -0.1) is 0 Å². The van der Waals surface area contributed by atoms with E-state index in [4.69, 9.17) is 10.5 Å². The van der Waals surface area contributed by atoms with E-state index in [2.05, 4.69) is 32.6 Å². The quantitative estimate of drug-likeness (QED) is 0.769. The van der Waals surface area contributed by atoms with Gasteiger partial charge >= 0.3 is 0 Å². The van der Waals surface area contributed by atoms with E-state index >= 15 is 0 Å². The van der Waals surface area contributed by atoms with Crippen molar-refractivity contribution in [1.82, 2.24) is 4.90 Å². The number of aliphatic hydroxyl groups excluding tert-OH is 1. The molecule has 0 aromatic rings. The average Bonchev–Trinajstić information content (AvgIpc) is 2.28. The fourth-order valence-electron chi connectivity index (χ4n) is 2.80. The molecule has 0 aliphatic carbocycles. The van der Waals surface area contributed by atoms with Gasteiger partial charge in [-0.1, -0.05) is 27.7 Å². The number of nitrogens with two attached hydrogens (primary N) is 1. The van der Waals surface area contributed by atoms with Crippen LogP contribution in [0, 0.1) is 5.41 Å². The first kappa shape index (κ1) is 14.9. The van der Waals surface area contributed by atoms with Crippen LogP contribution in [0.25, 0.3) is 0 Å². The van der Waals surface area contributed by atoms with Gasteiger partial charge in [0, 0.05) is 18.6 Å². The number of hydrogen-bond donors (Lipinski definition) is 2. The van der Waals surface area contributed by atoms with Gasteiger partial charge in [0.15, 0.2) is 0 Å². The van der Waals surface area contributed by atoms with E-state index in [0.717, 1.165) is 19.6 Å². The van der Waals surface area contributed by atoms with Crippen LogP contribution in [-0.4, -0.2) is 54.5 Å². The van der Waals surface area contributed by atoms with E-state index in [0.29, 0.717) is 6.61 Å². The summed E-state index contributed by atoms with van der Waals surface area (Å²) in [7, 11) is 0. The van der Waals surface area contributed by atoms with Gasteiger partial charge in [0.2, 0.25) is 0 Å². The van der Waals surface area contributed by atoms with Gasteiger partial charge in [-0.05, 0) is 11.8 Å². The number of ether oxygens (including phenoxy) is 1. The zero-order valence-electron chi connectivity index (χ0n) is 11.6. The van der Waals surface area contributed by atoms with Gasteiger partial charge in [-0.3, -0.25) is 4.90 Å². The fourth-order valence-corrected chi connectivity index (χ4v) is 2.80. The summed E-state index contributed by atoms with van der Waals surface area (Å²) in [4.78, 5) is 2.34. The summed E-state index contributed by atoms with van der Waals surface area (Å²) < 4.78 is 5.44. The molecule has 0 aromatic heterocycles. The van der Waals surface area contributed by atoms with Crippen LogP contribution in [0.5, 0.6) is 0 Å². The Bertz CT molecular complexity index is 228. The predicted molar refractivity (Wildman–Crippen MR) is 69.9 cm³/mol. The van der Waals surface area contributed by atoms with Gasteiger partial charge in [0.05, 0.1) is 25.9 Å². The zero-order chi connectivity index (χ0) is 13.1. The van der Waals surface area contributed by atoms with E-state index in [9.17, 15) is 5.11 Å². The van der Waals surface area contributed by atoms with Crippen molar-refractivity contribution >= 4 is 0 Å². The standard InChI is InChI=1S/C13H28N2O2/c1-5-11(14)12(13(2,3)4)15-6-7-17-9-10(15)8-16/h10-12,16H,5-9,14H2,1-4H3. The van der Waals surface area contributed by atoms with E-state index in [1.54, 1.807) is 0 Å². The lowest BCUT2D eigenvalue weighted by Crippen LogP contribution is -2.62. The molecule has 1 aliphatic heterocycles. The number of nitrogens with zero attached hydrogens (tertiary/aromatic N) is 1. The summed E-state index contributed by atoms with van der Waals surface area (Å²) in [5.74, 6) is 0. The monoisotopic (exact) mass is 244 g/mol. The number of rotatable bonds is 4. The molecule has 4 nitrogen and oxygen atoms in total. The predicted octanol–water partition coefficient (Wildman–Crippen LogP) is 0.832. The Labute approximate surface area is 105 Å². The van der Waals surface area contributed by atoms with Crippen LogP contribution in [-0.2, 0) is 4.74 Å². The number of morpholine rings is 1. The number of aliphatic hydroxyl groups is 1. The van der Waals surface area contributed by atoms with Crippen molar-refractivity contribution in [2.75, 3.05) is 26.4 Å². The van der Waals surface area contributed by atoms with Crippen molar-refractivity contribution in [2.45, 2.75) is 52.2 Å². The molecule has 0 bridgehead atoms. The van der Waals surface area contributed by atoms with E-state index in [1.165, 1.54) is 0 Å². The minimum absolute atomic E-state index is 0.0885. The lowest BCUT2D eigenvalue weighted by molar-refractivity contribution is -0.0742. The van der Waals surface area contributed by atoms with Gasteiger partial charge in [-0.25, -0.2) is 0 Å². The molecule has 3 atom stereocenters. The van der Waals surface area contributed by atoms with Crippen molar-refractivity contribution < 1.29 is 9.84 Å². The molecule has 0 spiro atoms. The second-order valence-electron chi connectivity index (χ2n) is 6.03. The van der Waals surface area contributed by atoms with E-state index in [1.807, 2.05) is 0 Å². The molecule has 1 saturated heterocycles. The molecule has 4 heteroatoms. The molecule has 102 valence electrons. The van der Waals surface area contributed by atoms with Crippen molar-refractivity contribution in [1.29, 1.82) is 0 Å². The largest absolute Gasteiger partial charge is 0.395 e. The smallest absolute Gasteiger partial charge is 0.0644 e. The molecular weight excluding hydrogens is 216 g/mol. The summed E-state index contributed by atoms with van der Waals surface area (Å²) in [5.41, 5.74) is 6.40. The summed E-state index contributed by atoms with van der Waals surface area (Å²) in [6.07, 6.45) is 0.956. The molecule has 1 fully saturated rings. The molecule has 0 amide bonds. The second kappa shape index (κ2) is 6.14. The maximum absolute atomic E-state index is 9.47. The molecule has 1 heterocycles. The molecule has 0 radical (unpaired) electrons. The molecule has 3 unspecified atom stereocenters. The Morgan fingerprint density at radius 3 is 2.59 bits per heavy atom. The summed E-state index contributed by atoms with van der Waals surface area (Å²) in [6.45, 7) is 11.1. The van der Waals surface area contributed by atoms with Crippen molar-refractivity contribution in [2.24, 2.45) is 11.1 Å². The van der Waals surface area contributed by atoms with Crippen molar-refractivity contribution in [3.05, 3.63) is 0 Å². The SMILES string of the molecule is CCC(N)C(N1CCOCC1CO)C(C)(C)C. The third kappa shape index (κ3) is 3.65. The third-order valence-corrected chi connectivity index (χ3v) is 3.61.